The molecule has 0 saturated carbocycles. The highest BCUT2D eigenvalue weighted by Gasteiger charge is 2.05. The fraction of sp³-hybridized carbons (Fsp3) is 0.875. The standard InChI is InChI=1S/C8H17BrN2O/c1-10-6-3-7-11(2)8(12)4-5-9/h10H,3-7H2,1-2H3. The summed E-state index contributed by atoms with van der Waals surface area (Å²) in [6.45, 7) is 1.80. The van der Waals surface area contributed by atoms with Gasteiger partial charge >= 0.3 is 0 Å². The molecule has 0 aromatic rings. The molecule has 0 atom stereocenters. The predicted molar refractivity (Wildman–Crippen MR) is 54.6 cm³/mol. The number of rotatable bonds is 6. The Bertz CT molecular complexity index is 130. The first-order valence-corrected chi connectivity index (χ1v) is 5.29. The fourth-order valence-electron chi connectivity index (χ4n) is 0.889. The molecule has 0 aliphatic rings. The summed E-state index contributed by atoms with van der Waals surface area (Å²) < 4.78 is 0. The third-order valence-electron chi connectivity index (χ3n) is 1.65. The maximum Gasteiger partial charge on any atom is 0.223 e. The number of nitrogens with zero attached hydrogens (tertiary/aromatic N) is 1. The monoisotopic (exact) mass is 236 g/mol. The van der Waals surface area contributed by atoms with Crippen LogP contribution in [0.3, 0.4) is 0 Å². The van der Waals surface area contributed by atoms with Gasteiger partial charge in [0.25, 0.3) is 0 Å². The van der Waals surface area contributed by atoms with Crippen LogP contribution in [0, 0.1) is 0 Å². The normalized spacial score (nSPS) is 9.92. The molecule has 0 bridgehead atoms. The Balaban J connectivity index is 3.42. The molecule has 3 nitrogen and oxygen atoms in total. The van der Waals surface area contributed by atoms with Gasteiger partial charge in [0.05, 0.1) is 0 Å². The second kappa shape index (κ2) is 7.55. The fourth-order valence-corrected chi connectivity index (χ4v) is 1.23. The first-order chi connectivity index (χ1) is 5.72. The van der Waals surface area contributed by atoms with E-state index in [1.54, 1.807) is 4.90 Å². The Hall–Kier alpha value is -0.0900. The van der Waals surface area contributed by atoms with Crippen molar-refractivity contribution in [3.05, 3.63) is 0 Å². The van der Waals surface area contributed by atoms with Gasteiger partial charge in [-0.25, -0.2) is 0 Å². The average Bonchev–Trinajstić information content (AvgIpc) is 2.05. The first kappa shape index (κ1) is 11.9. The minimum absolute atomic E-state index is 0.211. The van der Waals surface area contributed by atoms with Gasteiger partial charge < -0.3 is 10.2 Å². The molecule has 1 amide bonds. The summed E-state index contributed by atoms with van der Waals surface area (Å²) in [5.41, 5.74) is 0. The summed E-state index contributed by atoms with van der Waals surface area (Å²) in [4.78, 5) is 13.0. The van der Waals surface area contributed by atoms with Crippen molar-refractivity contribution in [2.75, 3.05) is 32.5 Å². The SMILES string of the molecule is CNCCCN(C)C(=O)CCBr. The summed E-state index contributed by atoms with van der Waals surface area (Å²) in [6.07, 6.45) is 1.61. The third-order valence-corrected chi connectivity index (χ3v) is 2.05. The third kappa shape index (κ3) is 5.55. The number of carbonyl (C=O) groups is 1. The van der Waals surface area contributed by atoms with Crippen LogP contribution in [-0.2, 0) is 4.79 Å². The Morgan fingerprint density at radius 3 is 2.75 bits per heavy atom. The van der Waals surface area contributed by atoms with Crippen LogP contribution in [0.25, 0.3) is 0 Å². The van der Waals surface area contributed by atoms with Gasteiger partial charge in [-0.15, -0.1) is 0 Å². The number of nitrogens with one attached hydrogen (secondary N) is 1. The van der Waals surface area contributed by atoms with Crippen LogP contribution in [0.4, 0.5) is 0 Å². The number of carbonyl (C=O) groups excluding carboxylic acids is 1. The Morgan fingerprint density at radius 1 is 1.58 bits per heavy atom. The number of hydrogen-bond donors (Lipinski definition) is 1. The molecule has 72 valence electrons. The van der Waals surface area contributed by atoms with Gasteiger partial charge in [-0.3, -0.25) is 4.79 Å². The molecule has 0 rings (SSSR count). The van der Waals surface area contributed by atoms with Crippen molar-refractivity contribution < 1.29 is 4.79 Å². The van der Waals surface area contributed by atoms with E-state index in [1.807, 2.05) is 14.1 Å². The van der Waals surface area contributed by atoms with Gasteiger partial charge in [-0.1, -0.05) is 15.9 Å². The summed E-state index contributed by atoms with van der Waals surface area (Å²) in [7, 11) is 3.76. The Kier molecular flexibility index (Phi) is 7.50. The smallest absolute Gasteiger partial charge is 0.223 e. The second-order valence-corrected chi connectivity index (χ2v) is 3.50. The van der Waals surface area contributed by atoms with E-state index in [9.17, 15) is 4.79 Å². The first-order valence-electron chi connectivity index (χ1n) is 4.17. The topological polar surface area (TPSA) is 32.3 Å². The van der Waals surface area contributed by atoms with E-state index in [2.05, 4.69) is 21.2 Å². The van der Waals surface area contributed by atoms with Crippen molar-refractivity contribution in [2.24, 2.45) is 0 Å². The lowest BCUT2D eigenvalue weighted by atomic mass is 10.3. The second-order valence-electron chi connectivity index (χ2n) is 2.71. The van der Waals surface area contributed by atoms with Gasteiger partial charge in [0, 0.05) is 25.3 Å². The number of hydrogen-bond acceptors (Lipinski definition) is 2. The molecule has 0 aromatic heterocycles. The van der Waals surface area contributed by atoms with Crippen LogP contribution >= 0.6 is 15.9 Å². The van der Waals surface area contributed by atoms with Crippen molar-refractivity contribution >= 4 is 21.8 Å². The highest BCUT2D eigenvalue weighted by molar-refractivity contribution is 9.09. The summed E-state index contributed by atoms with van der Waals surface area (Å²) >= 11 is 3.24. The van der Waals surface area contributed by atoms with Crippen molar-refractivity contribution in [2.45, 2.75) is 12.8 Å². The molecule has 0 fully saturated rings. The summed E-state index contributed by atoms with van der Waals surface area (Å²) in [5.74, 6) is 0.211. The Labute approximate surface area is 82.6 Å². The minimum atomic E-state index is 0.211. The molecule has 0 heterocycles. The quantitative estimate of drug-likeness (QED) is 0.548. The number of alkyl halides is 1. The van der Waals surface area contributed by atoms with Crippen LogP contribution in [0.15, 0.2) is 0 Å². The van der Waals surface area contributed by atoms with Gasteiger partial charge in [-0.2, -0.15) is 0 Å². The van der Waals surface area contributed by atoms with Gasteiger partial charge in [0.1, 0.15) is 0 Å². The van der Waals surface area contributed by atoms with Crippen LogP contribution in [0.5, 0.6) is 0 Å². The van der Waals surface area contributed by atoms with Crippen LogP contribution in [-0.4, -0.2) is 43.3 Å². The molecular weight excluding hydrogens is 220 g/mol. The Morgan fingerprint density at radius 2 is 2.25 bits per heavy atom. The maximum atomic E-state index is 11.2. The molecule has 0 unspecified atom stereocenters. The summed E-state index contributed by atoms with van der Waals surface area (Å²) in [6, 6.07) is 0. The van der Waals surface area contributed by atoms with E-state index in [1.165, 1.54) is 0 Å². The highest BCUT2D eigenvalue weighted by Crippen LogP contribution is 1.95. The summed E-state index contributed by atoms with van der Waals surface area (Å²) in [5, 5.41) is 3.80. The van der Waals surface area contributed by atoms with Crippen molar-refractivity contribution in [1.29, 1.82) is 0 Å². The largest absolute Gasteiger partial charge is 0.346 e. The van der Waals surface area contributed by atoms with E-state index < -0.39 is 0 Å². The van der Waals surface area contributed by atoms with Gasteiger partial charge in [0.2, 0.25) is 5.91 Å². The zero-order chi connectivity index (χ0) is 9.40. The lowest BCUT2D eigenvalue weighted by Crippen LogP contribution is -2.29. The molecule has 0 aliphatic carbocycles. The zero-order valence-corrected chi connectivity index (χ0v) is 9.35. The lowest BCUT2D eigenvalue weighted by molar-refractivity contribution is -0.129. The average molecular weight is 237 g/mol. The van der Waals surface area contributed by atoms with E-state index in [0.29, 0.717) is 6.42 Å². The highest BCUT2D eigenvalue weighted by atomic mass is 79.9. The zero-order valence-electron chi connectivity index (χ0n) is 7.77. The van der Waals surface area contributed by atoms with Gasteiger partial charge in [-0.05, 0) is 20.0 Å². The molecular formula is C8H17BrN2O. The van der Waals surface area contributed by atoms with Crippen LogP contribution < -0.4 is 5.32 Å². The van der Waals surface area contributed by atoms with E-state index in [-0.39, 0.29) is 5.91 Å². The van der Waals surface area contributed by atoms with Crippen LogP contribution in [0.2, 0.25) is 0 Å². The molecule has 12 heavy (non-hydrogen) atoms. The maximum absolute atomic E-state index is 11.2. The molecule has 0 radical (unpaired) electrons. The van der Waals surface area contributed by atoms with E-state index >= 15 is 0 Å². The molecule has 1 N–H and O–H groups in total. The van der Waals surface area contributed by atoms with Crippen LogP contribution in [0.1, 0.15) is 12.8 Å². The van der Waals surface area contributed by atoms with E-state index in [0.717, 1.165) is 24.8 Å². The van der Waals surface area contributed by atoms with Crippen molar-refractivity contribution in [1.82, 2.24) is 10.2 Å². The number of halogens is 1. The molecule has 4 heteroatoms. The van der Waals surface area contributed by atoms with E-state index in [4.69, 9.17) is 0 Å². The minimum Gasteiger partial charge on any atom is -0.346 e. The predicted octanol–water partition coefficient (Wildman–Crippen LogP) is 0.839. The van der Waals surface area contributed by atoms with Crippen molar-refractivity contribution in [3.8, 4) is 0 Å². The molecule has 0 spiro atoms. The lowest BCUT2D eigenvalue weighted by Gasteiger charge is -2.16. The molecule has 0 aliphatic heterocycles. The molecule has 0 aromatic carbocycles. The molecule has 0 saturated heterocycles. The number of amides is 1. The van der Waals surface area contributed by atoms with Crippen molar-refractivity contribution in [3.63, 3.8) is 0 Å². The van der Waals surface area contributed by atoms with Gasteiger partial charge in [0.15, 0.2) is 0 Å².